The van der Waals surface area contributed by atoms with E-state index in [0.717, 1.165) is 41.2 Å². The van der Waals surface area contributed by atoms with Crippen LogP contribution in [0.15, 0.2) is 30.5 Å². The lowest BCUT2D eigenvalue weighted by Crippen LogP contribution is -2.23. The van der Waals surface area contributed by atoms with Gasteiger partial charge in [0.2, 0.25) is 11.9 Å². The Labute approximate surface area is 181 Å². The number of rotatable bonds is 6. The number of nitrogens with zero attached hydrogens (tertiary/aromatic N) is 3. The number of ether oxygens (including phenoxy) is 1. The largest absolute Gasteiger partial charge is 0.494 e. The molecule has 0 unspecified atom stereocenters. The molecule has 8 heteroatoms. The third-order valence-electron chi connectivity index (χ3n) is 6.18. The van der Waals surface area contributed by atoms with Gasteiger partial charge in [-0.25, -0.2) is 0 Å². The summed E-state index contributed by atoms with van der Waals surface area (Å²) in [6.45, 7) is 0.748. The molecule has 3 aromatic rings. The highest BCUT2D eigenvalue weighted by Crippen LogP contribution is 2.34. The Morgan fingerprint density at radius 1 is 1.13 bits per heavy atom. The standard InChI is InChI=1S/C23H28N6O2/c1-31-19-14-16(29-13-5-8-20(29)30)9-10-18(19)26-23-27-21-17(11-12-24-21)22(28-23)25-15-6-3-2-4-7-15/h9-12,14-15H,2-8,13H2,1H3,(H3,24,25,26,27,28). The molecule has 1 saturated carbocycles. The molecule has 1 saturated heterocycles. The topological polar surface area (TPSA) is 95.2 Å². The van der Waals surface area contributed by atoms with Crippen LogP contribution < -0.4 is 20.3 Å². The first kappa shape index (κ1) is 19.7. The van der Waals surface area contributed by atoms with Gasteiger partial charge in [0.05, 0.1) is 18.2 Å². The Bertz CT molecular complexity index is 1090. The highest BCUT2D eigenvalue weighted by Gasteiger charge is 2.23. The third kappa shape index (κ3) is 4.02. The Kier molecular flexibility index (Phi) is 5.36. The Hall–Kier alpha value is -3.29. The number of nitrogens with one attached hydrogen (secondary N) is 3. The molecule has 3 heterocycles. The highest BCUT2D eigenvalue weighted by atomic mass is 16.5. The molecule has 2 aromatic heterocycles. The Morgan fingerprint density at radius 2 is 2.00 bits per heavy atom. The van der Waals surface area contributed by atoms with Crippen LogP contribution >= 0.6 is 0 Å². The van der Waals surface area contributed by atoms with Crippen LogP contribution in [0.1, 0.15) is 44.9 Å². The van der Waals surface area contributed by atoms with E-state index in [1.165, 1.54) is 32.1 Å². The molecule has 162 valence electrons. The van der Waals surface area contributed by atoms with Gasteiger partial charge in [-0.2, -0.15) is 9.97 Å². The van der Waals surface area contributed by atoms with E-state index in [4.69, 9.17) is 9.72 Å². The van der Waals surface area contributed by atoms with Gasteiger partial charge < -0.3 is 25.3 Å². The molecule has 0 spiro atoms. The molecule has 31 heavy (non-hydrogen) atoms. The molecule has 1 aliphatic carbocycles. The van der Waals surface area contributed by atoms with Crippen LogP contribution in [0.2, 0.25) is 0 Å². The minimum absolute atomic E-state index is 0.154. The van der Waals surface area contributed by atoms with Gasteiger partial charge in [0.25, 0.3) is 0 Å². The van der Waals surface area contributed by atoms with E-state index >= 15 is 0 Å². The second-order valence-corrected chi connectivity index (χ2v) is 8.27. The van der Waals surface area contributed by atoms with E-state index in [0.29, 0.717) is 24.2 Å². The molecule has 2 aliphatic rings. The number of hydrogen-bond acceptors (Lipinski definition) is 6. The van der Waals surface area contributed by atoms with Crippen molar-refractivity contribution in [3.05, 3.63) is 30.5 Å². The zero-order chi connectivity index (χ0) is 21.2. The van der Waals surface area contributed by atoms with Crippen molar-refractivity contribution in [2.75, 3.05) is 29.2 Å². The van der Waals surface area contributed by atoms with Gasteiger partial charge in [-0.3, -0.25) is 4.79 Å². The molecular weight excluding hydrogens is 392 g/mol. The molecule has 2 fully saturated rings. The summed E-state index contributed by atoms with van der Waals surface area (Å²) in [5.74, 6) is 2.14. The summed E-state index contributed by atoms with van der Waals surface area (Å²) < 4.78 is 5.60. The molecule has 0 radical (unpaired) electrons. The van der Waals surface area contributed by atoms with E-state index in [1.807, 2.05) is 30.5 Å². The zero-order valence-electron chi connectivity index (χ0n) is 17.8. The summed E-state index contributed by atoms with van der Waals surface area (Å²) in [6.07, 6.45) is 9.54. The summed E-state index contributed by atoms with van der Waals surface area (Å²) in [6, 6.07) is 8.19. The van der Waals surface area contributed by atoms with Gasteiger partial charge >= 0.3 is 0 Å². The maximum absolute atomic E-state index is 12.1. The normalized spacial score (nSPS) is 17.3. The number of aromatic amines is 1. The van der Waals surface area contributed by atoms with E-state index in [9.17, 15) is 4.79 Å². The summed E-state index contributed by atoms with van der Waals surface area (Å²) in [4.78, 5) is 26.5. The number of methoxy groups -OCH3 is 1. The zero-order valence-corrected chi connectivity index (χ0v) is 17.8. The molecule has 1 aliphatic heterocycles. The first-order chi connectivity index (χ1) is 15.2. The van der Waals surface area contributed by atoms with Crippen molar-refractivity contribution in [2.45, 2.75) is 51.0 Å². The fraction of sp³-hybridized carbons (Fsp3) is 0.435. The van der Waals surface area contributed by atoms with Crippen LogP contribution in [-0.2, 0) is 4.79 Å². The number of amides is 1. The molecule has 1 amide bonds. The average Bonchev–Trinajstić information content (AvgIpc) is 3.44. The van der Waals surface area contributed by atoms with Crippen LogP contribution in [0.3, 0.4) is 0 Å². The maximum atomic E-state index is 12.1. The predicted octanol–water partition coefficient (Wildman–Crippen LogP) is 4.58. The van der Waals surface area contributed by atoms with Gasteiger partial charge in [-0.05, 0) is 37.5 Å². The molecule has 8 nitrogen and oxygen atoms in total. The van der Waals surface area contributed by atoms with Crippen molar-refractivity contribution in [3.8, 4) is 5.75 Å². The van der Waals surface area contributed by atoms with E-state index < -0.39 is 0 Å². The molecule has 0 atom stereocenters. The number of anilines is 4. The van der Waals surface area contributed by atoms with Crippen molar-refractivity contribution in [3.63, 3.8) is 0 Å². The fourth-order valence-corrected chi connectivity index (χ4v) is 4.54. The summed E-state index contributed by atoms with van der Waals surface area (Å²) in [5.41, 5.74) is 2.40. The number of aromatic nitrogens is 3. The molecular formula is C23H28N6O2. The maximum Gasteiger partial charge on any atom is 0.231 e. The van der Waals surface area contributed by atoms with Gasteiger partial charge in [0, 0.05) is 37.0 Å². The van der Waals surface area contributed by atoms with Gasteiger partial charge in [-0.15, -0.1) is 0 Å². The van der Waals surface area contributed by atoms with Crippen LogP contribution in [0.25, 0.3) is 11.0 Å². The summed E-state index contributed by atoms with van der Waals surface area (Å²) >= 11 is 0. The van der Waals surface area contributed by atoms with Crippen molar-refractivity contribution in [1.82, 2.24) is 15.0 Å². The minimum atomic E-state index is 0.154. The number of carbonyl (C=O) groups excluding carboxylic acids is 1. The Morgan fingerprint density at radius 3 is 2.77 bits per heavy atom. The minimum Gasteiger partial charge on any atom is -0.494 e. The highest BCUT2D eigenvalue weighted by molar-refractivity contribution is 5.96. The van der Waals surface area contributed by atoms with Crippen molar-refractivity contribution in [2.24, 2.45) is 0 Å². The lowest BCUT2D eigenvalue weighted by molar-refractivity contribution is -0.117. The number of H-pyrrole nitrogens is 1. The number of benzene rings is 1. The first-order valence-corrected chi connectivity index (χ1v) is 11.1. The van der Waals surface area contributed by atoms with Crippen LogP contribution in [0.5, 0.6) is 5.75 Å². The monoisotopic (exact) mass is 420 g/mol. The van der Waals surface area contributed by atoms with E-state index in [1.54, 1.807) is 12.0 Å². The predicted molar refractivity (Wildman–Crippen MR) is 122 cm³/mol. The second-order valence-electron chi connectivity index (χ2n) is 8.27. The smallest absolute Gasteiger partial charge is 0.231 e. The van der Waals surface area contributed by atoms with Crippen molar-refractivity contribution >= 4 is 40.1 Å². The SMILES string of the molecule is COc1cc(N2CCCC2=O)ccc1Nc1nc(NC2CCCCC2)c2cc[nH]c2n1. The lowest BCUT2D eigenvalue weighted by Gasteiger charge is -2.24. The number of fused-ring (bicyclic) bond motifs is 1. The Balaban J connectivity index is 1.42. The van der Waals surface area contributed by atoms with E-state index in [-0.39, 0.29) is 5.91 Å². The summed E-state index contributed by atoms with van der Waals surface area (Å²) in [7, 11) is 1.63. The molecule has 0 bridgehead atoms. The van der Waals surface area contributed by atoms with Crippen molar-refractivity contribution < 1.29 is 9.53 Å². The quantitative estimate of drug-likeness (QED) is 0.540. The number of carbonyl (C=O) groups is 1. The van der Waals surface area contributed by atoms with Crippen LogP contribution in [0.4, 0.5) is 23.1 Å². The van der Waals surface area contributed by atoms with E-state index in [2.05, 4.69) is 20.6 Å². The molecule has 1 aromatic carbocycles. The van der Waals surface area contributed by atoms with Crippen LogP contribution in [-0.4, -0.2) is 40.6 Å². The average molecular weight is 421 g/mol. The van der Waals surface area contributed by atoms with Crippen LogP contribution in [0, 0.1) is 0 Å². The third-order valence-corrected chi connectivity index (χ3v) is 6.18. The first-order valence-electron chi connectivity index (χ1n) is 11.1. The second kappa shape index (κ2) is 8.45. The molecule has 3 N–H and O–H groups in total. The van der Waals surface area contributed by atoms with Gasteiger partial charge in [0.15, 0.2) is 0 Å². The van der Waals surface area contributed by atoms with Gasteiger partial charge in [-0.1, -0.05) is 19.3 Å². The summed E-state index contributed by atoms with van der Waals surface area (Å²) in [5, 5.41) is 7.92. The van der Waals surface area contributed by atoms with Gasteiger partial charge in [0.1, 0.15) is 17.2 Å². The molecule has 5 rings (SSSR count). The van der Waals surface area contributed by atoms with Crippen molar-refractivity contribution in [1.29, 1.82) is 0 Å². The fourth-order valence-electron chi connectivity index (χ4n) is 4.54. The number of hydrogen-bond donors (Lipinski definition) is 3. The lowest BCUT2D eigenvalue weighted by atomic mass is 9.95.